The zero-order chi connectivity index (χ0) is 14.2. The molecule has 1 aromatic rings. The minimum absolute atomic E-state index is 0.00521. The second-order valence-corrected chi connectivity index (χ2v) is 5.15. The van der Waals surface area contributed by atoms with Crippen LogP contribution in [0.4, 0.5) is 0 Å². The smallest absolute Gasteiger partial charge is 0.305 e. The van der Waals surface area contributed by atoms with Gasteiger partial charge in [0.05, 0.1) is 6.42 Å². The van der Waals surface area contributed by atoms with Gasteiger partial charge in [0.1, 0.15) is 0 Å². The molecule has 1 heterocycles. The molecule has 1 amide bonds. The van der Waals surface area contributed by atoms with E-state index < -0.39 is 12.0 Å². The molecule has 3 N–H and O–H groups in total. The van der Waals surface area contributed by atoms with E-state index in [0.717, 1.165) is 5.56 Å². The van der Waals surface area contributed by atoms with Crippen LogP contribution in [0.15, 0.2) is 18.2 Å². The van der Waals surface area contributed by atoms with Gasteiger partial charge in [-0.2, -0.15) is 0 Å². The molecule has 1 aliphatic heterocycles. The predicted octanol–water partition coefficient (Wildman–Crippen LogP) is 1.53. The van der Waals surface area contributed by atoms with E-state index >= 15 is 0 Å². The Hall–Kier alpha value is -1.88. The monoisotopic (exact) mass is 262 g/mol. The van der Waals surface area contributed by atoms with E-state index in [9.17, 15) is 9.59 Å². The largest absolute Gasteiger partial charge is 0.481 e. The standard InChI is InChI=1S/C14H18N2O3/c1-8(2)16-7-10-4-3-9(5-11(10)14(16)19)12(15)6-13(17)18/h3-5,8,12H,6-7,15H2,1-2H3,(H,17,18). The minimum Gasteiger partial charge on any atom is -0.481 e. The number of aliphatic carboxylic acids is 1. The second kappa shape index (κ2) is 5.01. The Labute approximate surface area is 112 Å². The Bertz CT molecular complexity index is 525. The number of nitrogens with two attached hydrogens (primary N) is 1. The van der Waals surface area contributed by atoms with E-state index in [4.69, 9.17) is 10.8 Å². The molecule has 5 nitrogen and oxygen atoms in total. The molecule has 0 radical (unpaired) electrons. The fourth-order valence-electron chi connectivity index (χ4n) is 2.29. The van der Waals surface area contributed by atoms with Gasteiger partial charge in [0, 0.05) is 24.2 Å². The van der Waals surface area contributed by atoms with E-state index in [2.05, 4.69) is 0 Å². The summed E-state index contributed by atoms with van der Waals surface area (Å²) in [5.41, 5.74) is 8.14. The number of hydrogen-bond donors (Lipinski definition) is 2. The summed E-state index contributed by atoms with van der Waals surface area (Å²) in [5.74, 6) is -0.947. The first-order valence-electron chi connectivity index (χ1n) is 6.31. The number of carbonyl (C=O) groups excluding carboxylic acids is 1. The first-order chi connectivity index (χ1) is 8.90. The summed E-state index contributed by atoms with van der Waals surface area (Å²) in [6.07, 6.45) is -0.138. The van der Waals surface area contributed by atoms with Gasteiger partial charge in [-0.05, 0) is 31.0 Å². The summed E-state index contributed by atoms with van der Waals surface area (Å²) in [6, 6.07) is 4.98. The van der Waals surface area contributed by atoms with Gasteiger partial charge < -0.3 is 15.7 Å². The van der Waals surface area contributed by atoms with Crippen LogP contribution in [0.25, 0.3) is 0 Å². The lowest BCUT2D eigenvalue weighted by Gasteiger charge is -2.19. The number of nitrogens with zero attached hydrogens (tertiary/aromatic N) is 1. The number of hydrogen-bond acceptors (Lipinski definition) is 3. The molecule has 2 rings (SSSR count). The minimum atomic E-state index is -0.942. The molecule has 0 aromatic heterocycles. The summed E-state index contributed by atoms with van der Waals surface area (Å²) in [6.45, 7) is 4.56. The Morgan fingerprint density at radius 2 is 2.16 bits per heavy atom. The number of rotatable bonds is 4. The molecule has 0 aliphatic carbocycles. The van der Waals surface area contributed by atoms with Crippen LogP contribution in [-0.4, -0.2) is 27.9 Å². The zero-order valence-corrected chi connectivity index (χ0v) is 11.1. The van der Waals surface area contributed by atoms with Crippen LogP contribution in [-0.2, 0) is 11.3 Å². The number of carboxylic acids is 1. The molecular formula is C14H18N2O3. The maximum Gasteiger partial charge on any atom is 0.305 e. The van der Waals surface area contributed by atoms with Crippen LogP contribution < -0.4 is 5.73 Å². The lowest BCUT2D eigenvalue weighted by molar-refractivity contribution is -0.137. The summed E-state index contributed by atoms with van der Waals surface area (Å²) >= 11 is 0. The molecule has 1 aliphatic rings. The zero-order valence-electron chi connectivity index (χ0n) is 11.1. The third kappa shape index (κ3) is 2.61. The van der Waals surface area contributed by atoms with Crippen LogP contribution in [0.5, 0.6) is 0 Å². The van der Waals surface area contributed by atoms with Crippen LogP contribution in [0.1, 0.15) is 47.8 Å². The van der Waals surface area contributed by atoms with E-state index in [1.54, 1.807) is 11.0 Å². The number of carbonyl (C=O) groups is 2. The van der Waals surface area contributed by atoms with Crippen molar-refractivity contribution in [3.63, 3.8) is 0 Å². The molecule has 1 unspecified atom stereocenters. The van der Waals surface area contributed by atoms with Crippen molar-refractivity contribution in [2.24, 2.45) is 5.73 Å². The highest BCUT2D eigenvalue weighted by molar-refractivity contribution is 5.98. The van der Waals surface area contributed by atoms with Gasteiger partial charge in [-0.25, -0.2) is 0 Å². The molecule has 5 heteroatoms. The number of carboxylic acid groups (broad SMARTS) is 1. The number of amides is 1. The molecule has 1 aromatic carbocycles. The fraction of sp³-hybridized carbons (Fsp3) is 0.429. The van der Waals surface area contributed by atoms with Crippen molar-refractivity contribution < 1.29 is 14.7 Å². The van der Waals surface area contributed by atoms with Crippen molar-refractivity contribution in [1.29, 1.82) is 0 Å². The van der Waals surface area contributed by atoms with Crippen LogP contribution in [0, 0.1) is 0 Å². The molecular weight excluding hydrogens is 244 g/mol. The highest BCUT2D eigenvalue weighted by Gasteiger charge is 2.29. The van der Waals surface area contributed by atoms with Gasteiger partial charge in [0.15, 0.2) is 0 Å². The number of fused-ring (bicyclic) bond motifs is 1. The lowest BCUT2D eigenvalue weighted by atomic mass is 9.99. The molecule has 102 valence electrons. The molecule has 1 atom stereocenters. The Kier molecular flexibility index (Phi) is 3.57. The van der Waals surface area contributed by atoms with Gasteiger partial charge in [0.2, 0.25) is 0 Å². The van der Waals surface area contributed by atoms with Gasteiger partial charge in [-0.3, -0.25) is 9.59 Å². The van der Waals surface area contributed by atoms with Crippen molar-refractivity contribution in [2.45, 2.75) is 38.9 Å². The van der Waals surface area contributed by atoms with Gasteiger partial charge >= 0.3 is 5.97 Å². The van der Waals surface area contributed by atoms with E-state index in [0.29, 0.717) is 17.7 Å². The molecule has 0 fully saturated rings. The second-order valence-electron chi connectivity index (χ2n) is 5.15. The Balaban J connectivity index is 2.27. The first-order valence-corrected chi connectivity index (χ1v) is 6.31. The van der Waals surface area contributed by atoms with Crippen molar-refractivity contribution in [3.05, 3.63) is 34.9 Å². The molecule has 19 heavy (non-hydrogen) atoms. The van der Waals surface area contributed by atoms with Crippen molar-refractivity contribution >= 4 is 11.9 Å². The average Bonchev–Trinajstić information content (AvgIpc) is 2.65. The summed E-state index contributed by atoms with van der Waals surface area (Å²) in [4.78, 5) is 24.7. The summed E-state index contributed by atoms with van der Waals surface area (Å²) < 4.78 is 0. The lowest BCUT2D eigenvalue weighted by Crippen LogP contribution is -2.30. The molecule has 0 spiro atoms. The third-order valence-corrected chi connectivity index (χ3v) is 3.41. The highest BCUT2D eigenvalue weighted by Crippen LogP contribution is 2.27. The molecule has 0 saturated heterocycles. The van der Waals surface area contributed by atoms with Crippen LogP contribution >= 0.6 is 0 Å². The highest BCUT2D eigenvalue weighted by atomic mass is 16.4. The Morgan fingerprint density at radius 3 is 2.74 bits per heavy atom. The van der Waals surface area contributed by atoms with Crippen LogP contribution in [0.3, 0.4) is 0 Å². The van der Waals surface area contributed by atoms with Gasteiger partial charge in [-0.1, -0.05) is 12.1 Å². The van der Waals surface area contributed by atoms with E-state index in [-0.39, 0.29) is 18.4 Å². The first kappa shape index (κ1) is 13.5. The molecule has 0 saturated carbocycles. The Morgan fingerprint density at radius 1 is 1.47 bits per heavy atom. The predicted molar refractivity (Wildman–Crippen MR) is 70.6 cm³/mol. The van der Waals surface area contributed by atoms with Gasteiger partial charge in [0.25, 0.3) is 5.91 Å². The maximum atomic E-state index is 12.2. The van der Waals surface area contributed by atoms with Crippen molar-refractivity contribution in [2.75, 3.05) is 0 Å². The SMILES string of the molecule is CC(C)N1Cc2ccc(C(N)CC(=O)O)cc2C1=O. The topological polar surface area (TPSA) is 83.6 Å². The van der Waals surface area contributed by atoms with Crippen molar-refractivity contribution in [3.8, 4) is 0 Å². The summed E-state index contributed by atoms with van der Waals surface area (Å²) in [7, 11) is 0. The normalized spacial score (nSPS) is 15.8. The van der Waals surface area contributed by atoms with Gasteiger partial charge in [-0.15, -0.1) is 0 Å². The maximum absolute atomic E-state index is 12.2. The van der Waals surface area contributed by atoms with E-state index in [1.165, 1.54) is 0 Å². The van der Waals surface area contributed by atoms with Crippen LogP contribution in [0.2, 0.25) is 0 Å². The van der Waals surface area contributed by atoms with E-state index in [1.807, 2.05) is 26.0 Å². The fourth-order valence-corrected chi connectivity index (χ4v) is 2.29. The average molecular weight is 262 g/mol. The summed E-state index contributed by atoms with van der Waals surface area (Å²) in [5, 5.41) is 8.75. The quantitative estimate of drug-likeness (QED) is 0.861. The van der Waals surface area contributed by atoms with Crippen molar-refractivity contribution in [1.82, 2.24) is 4.90 Å². The molecule has 0 bridgehead atoms. The third-order valence-electron chi connectivity index (χ3n) is 3.41. The number of benzene rings is 1.